The first kappa shape index (κ1) is 16.5. The minimum absolute atomic E-state index is 0.108. The summed E-state index contributed by atoms with van der Waals surface area (Å²) in [6, 6.07) is 5.46. The maximum atomic E-state index is 12.4. The van der Waals surface area contributed by atoms with Crippen molar-refractivity contribution in [3.05, 3.63) is 29.3 Å². The van der Waals surface area contributed by atoms with Crippen LogP contribution < -0.4 is 4.90 Å². The Bertz CT molecular complexity index is 590. The van der Waals surface area contributed by atoms with Gasteiger partial charge in [-0.2, -0.15) is 0 Å². The molecule has 5 heteroatoms. The smallest absolute Gasteiger partial charge is 0.253 e. The van der Waals surface area contributed by atoms with Crippen LogP contribution in [0.5, 0.6) is 0 Å². The van der Waals surface area contributed by atoms with E-state index < -0.39 is 5.60 Å². The van der Waals surface area contributed by atoms with Gasteiger partial charge in [0.2, 0.25) is 5.91 Å². The van der Waals surface area contributed by atoms with E-state index in [1.54, 1.807) is 31.9 Å². The number of hydrogen-bond acceptors (Lipinski definition) is 3. The molecule has 0 atom stereocenters. The molecule has 0 aromatic heterocycles. The quantitative estimate of drug-likeness (QED) is 0.923. The van der Waals surface area contributed by atoms with Gasteiger partial charge in [-0.25, -0.2) is 0 Å². The summed E-state index contributed by atoms with van der Waals surface area (Å²) < 4.78 is 0. The van der Waals surface area contributed by atoms with Gasteiger partial charge >= 0.3 is 0 Å². The van der Waals surface area contributed by atoms with Crippen molar-refractivity contribution in [2.24, 2.45) is 0 Å². The van der Waals surface area contributed by atoms with Gasteiger partial charge in [0.05, 0.1) is 5.60 Å². The van der Waals surface area contributed by atoms with Gasteiger partial charge in [-0.1, -0.05) is 6.92 Å². The summed E-state index contributed by atoms with van der Waals surface area (Å²) in [5.41, 5.74) is 1.61. The van der Waals surface area contributed by atoms with E-state index in [-0.39, 0.29) is 18.4 Å². The van der Waals surface area contributed by atoms with Crippen molar-refractivity contribution in [2.45, 2.75) is 39.2 Å². The average Bonchev–Trinajstić information content (AvgIpc) is 2.86. The first-order chi connectivity index (χ1) is 10.2. The van der Waals surface area contributed by atoms with Gasteiger partial charge in [-0.3, -0.25) is 9.59 Å². The lowest BCUT2D eigenvalue weighted by Crippen LogP contribution is -2.39. The number of carbonyl (C=O) groups excluding carboxylic acids is 2. The van der Waals surface area contributed by atoms with Gasteiger partial charge in [-0.15, -0.1) is 0 Å². The number of aliphatic hydroxyl groups is 1. The fourth-order valence-corrected chi connectivity index (χ4v) is 2.86. The molecule has 0 fully saturated rings. The number of rotatable bonds is 4. The van der Waals surface area contributed by atoms with Gasteiger partial charge in [0.15, 0.2) is 0 Å². The second kappa shape index (κ2) is 6.08. The van der Waals surface area contributed by atoms with E-state index in [0.29, 0.717) is 18.5 Å². The molecule has 120 valence electrons. The van der Waals surface area contributed by atoms with E-state index in [2.05, 4.69) is 0 Å². The van der Waals surface area contributed by atoms with Gasteiger partial charge in [-0.05, 0) is 44.0 Å². The summed E-state index contributed by atoms with van der Waals surface area (Å²) in [6.07, 6.45) is 1.26. The number of likely N-dealkylation sites (N-methyl/N-ethyl adjacent to an activating group) is 1. The van der Waals surface area contributed by atoms with Crippen molar-refractivity contribution in [2.75, 3.05) is 25.0 Å². The molecule has 0 saturated heterocycles. The van der Waals surface area contributed by atoms with Crippen LogP contribution in [-0.2, 0) is 11.2 Å². The normalized spacial score (nSPS) is 14.0. The molecular formula is C17H24N2O3. The summed E-state index contributed by atoms with van der Waals surface area (Å²) >= 11 is 0. The van der Waals surface area contributed by atoms with Crippen molar-refractivity contribution in [1.82, 2.24) is 4.90 Å². The van der Waals surface area contributed by atoms with Crippen molar-refractivity contribution in [3.63, 3.8) is 0 Å². The Kier molecular flexibility index (Phi) is 4.56. The van der Waals surface area contributed by atoms with Crippen LogP contribution in [0.15, 0.2) is 18.2 Å². The lowest BCUT2D eigenvalue weighted by atomic mass is 10.1. The third kappa shape index (κ3) is 3.47. The minimum Gasteiger partial charge on any atom is -0.389 e. The van der Waals surface area contributed by atoms with E-state index in [4.69, 9.17) is 0 Å². The molecule has 22 heavy (non-hydrogen) atoms. The summed E-state index contributed by atoms with van der Waals surface area (Å²) in [4.78, 5) is 27.6. The number of anilines is 1. The van der Waals surface area contributed by atoms with E-state index >= 15 is 0 Å². The molecule has 0 bridgehead atoms. The Morgan fingerprint density at radius 1 is 1.36 bits per heavy atom. The first-order valence-corrected chi connectivity index (χ1v) is 7.64. The highest BCUT2D eigenvalue weighted by molar-refractivity contribution is 5.98. The molecule has 2 amide bonds. The highest BCUT2D eigenvalue weighted by atomic mass is 16.3. The van der Waals surface area contributed by atoms with Crippen LogP contribution in [0.4, 0.5) is 5.69 Å². The number of nitrogens with zero attached hydrogens (tertiary/aromatic N) is 2. The predicted octanol–water partition coefficient (Wildman–Crippen LogP) is 1.83. The van der Waals surface area contributed by atoms with Gasteiger partial charge in [0, 0.05) is 37.8 Å². The molecule has 0 radical (unpaired) electrons. The fourth-order valence-electron chi connectivity index (χ4n) is 2.86. The molecule has 0 aliphatic carbocycles. The molecule has 1 aromatic rings. The van der Waals surface area contributed by atoms with Crippen LogP contribution in [0.25, 0.3) is 0 Å². The number of amides is 2. The first-order valence-electron chi connectivity index (χ1n) is 7.64. The number of hydrogen-bond donors (Lipinski definition) is 1. The molecule has 1 N–H and O–H groups in total. The maximum Gasteiger partial charge on any atom is 0.253 e. The van der Waals surface area contributed by atoms with Crippen LogP contribution in [-0.4, -0.2) is 47.6 Å². The molecule has 1 aliphatic heterocycles. The Morgan fingerprint density at radius 3 is 2.64 bits per heavy atom. The van der Waals surface area contributed by atoms with Gasteiger partial charge < -0.3 is 14.9 Å². The molecule has 0 unspecified atom stereocenters. The molecular weight excluding hydrogens is 280 g/mol. The average molecular weight is 304 g/mol. The van der Waals surface area contributed by atoms with E-state index in [1.165, 1.54) is 4.90 Å². The maximum absolute atomic E-state index is 12.4. The largest absolute Gasteiger partial charge is 0.389 e. The Labute approximate surface area is 131 Å². The SMILES string of the molecule is CCC(=O)N1CCc2cc(C(=O)N(C)CC(C)(C)O)ccc21. The van der Waals surface area contributed by atoms with Gasteiger partial charge in [0.25, 0.3) is 5.91 Å². The zero-order chi connectivity index (χ0) is 16.5. The summed E-state index contributed by atoms with van der Waals surface area (Å²) in [6.45, 7) is 6.15. The standard InChI is InChI=1S/C17H24N2O3/c1-5-15(20)19-9-8-12-10-13(6-7-14(12)19)16(21)18(4)11-17(2,3)22/h6-7,10,22H,5,8-9,11H2,1-4H3. The van der Waals surface area contributed by atoms with Crippen LogP contribution in [0.3, 0.4) is 0 Å². The molecule has 2 rings (SSSR count). The molecule has 1 aromatic carbocycles. The lowest BCUT2D eigenvalue weighted by molar-refractivity contribution is -0.118. The lowest BCUT2D eigenvalue weighted by Gasteiger charge is -2.25. The van der Waals surface area contributed by atoms with Crippen molar-refractivity contribution in [3.8, 4) is 0 Å². The molecule has 1 heterocycles. The second-order valence-electron chi connectivity index (χ2n) is 6.47. The van der Waals surface area contributed by atoms with Gasteiger partial charge in [0.1, 0.15) is 0 Å². The van der Waals surface area contributed by atoms with Crippen LogP contribution in [0, 0.1) is 0 Å². The minimum atomic E-state index is -0.925. The van der Waals surface area contributed by atoms with Crippen molar-refractivity contribution in [1.29, 1.82) is 0 Å². The monoisotopic (exact) mass is 304 g/mol. The number of benzene rings is 1. The Morgan fingerprint density at radius 2 is 2.05 bits per heavy atom. The molecule has 0 saturated carbocycles. The molecule has 1 aliphatic rings. The van der Waals surface area contributed by atoms with E-state index in [9.17, 15) is 14.7 Å². The Hall–Kier alpha value is -1.88. The van der Waals surface area contributed by atoms with E-state index in [0.717, 1.165) is 17.7 Å². The van der Waals surface area contributed by atoms with E-state index in [1.807, 2.05) is 19.1 Å². The van der Waals surface area contributed by atoms with Crippen molar-refractivity contribution < 1.29 is 14.7 Å². The zero-order valence-electron chi connectivity index (χ0n) is 13.7. The number of fused-ring (bicyclic) bond motifs is 1. The Balaban J connectivity index is 2.19. The highest BCUT2D eigenvalue weighted by Crippen LogP contribution is 2.29. The summed E-state index contributed by atoms with van der Waals surface area (Å²) in [5.74, 6) is -0.0119. The second-order valence-corrected chi connectivity index (χ2v) is 6.47. The highest BCUT2D eigenvalue weighted by Gasteiger charge is 2.26. The van der Waals surface area contributed by atoms with Crippen molar-refractivity contribution >= 4 is 17.5 Å². The predicted molar refractivity (Wildman–Crippen MR) is 86.0 cm³/mol. The summed E-state index contributed by atoms with van der Waals surface area (Å²) in [5, 5.41) is 9.82. The fraction of sp³-hybridized carbons (Fsp3) is 0.529. The zero-order valence-corrected chi connectivity index (χ0v) is 13.7. The van der Waals surface area contributed by atoms with Crippen LogP contribution >= 0.6 is 0 Å². The topological polar surface area (TPSA) is 60.9 Å². The van der Waals surface area contributed by atoms with Crippen LogP contribution in [0.2, 0.25) is 0 Å². The third-order valence-electron chi connectivity index (χ3n) is 3.80. The molecule has 0 spiro atoms. The summed E-state index contributed by atoms with van der Waals surface area (Å²) in [7, 11) is 1.68. The molecule has 5 nitrogen and oxygen atoms in total. The third-order valence-corrected chi connectivity index (χ3v) is 3.80. The van der Waals surface area contributed by atoms with Crippen LogP contribution in [0.1, 0.15) is 43.1 Å². The number of carbonyl (C=O) groups is 2.